The van der Waals surface area contributed by atoms with Crippen LogP contribution in [0, 0.1) is 10.1 Å². The van der Waals surface area contributed by atoms with Crippen LogP contribution in [0.1, 0.15) is 24.2 Å². The lowest BCUT2D eigenvalue weighted by Gasteiger charge is -2.25. The standard InChI is InChI=1S/C12H18N4O4/c1-12(2,7-20-3)14-11(17)8-4-5-10(16(18)19)9(6-8)15-13/h4-6,15H,7,13H2,1-3H3,(H,14,17). The second-order valence-electron chi connectivity index (χ2n) is 4.90. The molecule has 0 spiro atoms. The van der Waals surface area contributed by atoms with Crippen molar-refractivity contribution in [3.8, 4) is 0 Å². The number of hydrazine groups is 1. The van der Waals surface area contributed by atoms with Gasteiger partial charge in [0.15, 0.2) is 0 Å². The normalized spacial score (nSPS) is 11.0. The molecular weight excluding hydrogens is 264 g/mol. The van der Waals surface area contributed by atoms with Gasteiger partial charge in [0.05, 0.1) is 17.1 Å². The molecule has 1 aromatic carbocycles. The van der Waals surface area contributed by atoms with Crippen LogP contribution in [-0.4, -0.2) is 30.1 Å². The predicted molar refractivity (Wildman–Crippen MR) is 74.3 cm³/mol. The maximum absolute atomic E-state index is 12.1. The maximum atomic E-state index is 12.1. The lowest BCUT2D eigenvalue weighted by molar-refractivity contribution is -0.384. The predicted octanol–water partition coefficient (Wildman–Crippen LogP) is 1.04. The van der Waals surface area contributed by atoms with Crippen molar-refractivity contribution in [2.24, 2.45) is 5.84 Å². The first-order valence-corrected chi connectivity index (χ1v) is 5.87. The zero-order chi connectivity index (χ0) is 15.3. The van der Waals surface area contributed by atoms with Crippen LogP contribution in [-0.2, 0) is 4.74 Å². The van der Waals surface area contributed by atoms with Crippen LogP contribution < -0.4 is 16.6 Å². The fourth-order valence-electron chi connectivity index (χ4n) is 1.73. The molecule has 1 amide bonds. The Morgan fingerprint density at radius 1 is 1.50 bits per heavy atom. The van der Waals surface area contributed by atoms with E-state index in [-0.39, 0.29) is 22.8 Å². The monoisotopic (exact) mass is 282 g/mol. The van der Waals surface area contributed by atoms with Crippen LogP contribution in [0.25, 0.3) is 0 Å². The van der Waals surface area contributed by atoms with Crippen molar-refractivity contribution in [3.05, 3.63) is 33.9 Å². The van der Waals surface area contributed by atoms with Crippen LogP contribution in [0.3, 0.4) is 0 Å². The molecule has 0 unspecified atom stereocenters. The van der Waals surface area contributed by atoms with E-state index in [9.17, 15) is 14.9 Å². The maximum Gasteiger partial charge on any atom is 0.293 e. The van der Waals surface area contributed by atoms with Gasteiger partial charge in [-0.05, 0) is 26.0 Å². The number of carbonyl (C=O) groups is 1. The highest BCUT2D eigenvalue weighted by molar-refractivity contribution is 5.96. The molecule has 1 rings (SSSR count). The number of rotatable bonds is 6. The SMILES string of the molecule is COCC(C)(C)NC(=O)c1ccc([N+](=O)[O-])c(NN)c1. The lowest BCUT2D eigenvalue weighted by atomic mass is 10.1. The second kappa shape index (κ2) is 6.31. The van der Waals surface area contributed by atoms with E-state index in [1.807, 2.05) is 13.8 Å². The summed E-state index contributed by atoms with van der Waals surface area (Å²) in [4.78, 5) is 22.3. The van der Waals surface area contributed by atoms with E-state index in [2.05, 4.69) is 10.7 Å². The van der Waals surface area contributed by atoms with Gasteiger partial charge in [-0.3, -0.25) is 20.8 Å². The van der Waals surface area contributed by atoms with E-state index < -0.39 is 10.5 Å². The minimum atomic E-state index is -0.578. The Kier molecular flexibility index (Phi) is 5.00. The van der Waals surface area contributed by atoms with Crippen molar-refractivity contribution in [2.75, 3.05) is 19.1 Å². The highest BCUT2D eigenvalue weighted by atomic mass is 16.6. The number of nitrogens with two attached hydrogens (primary N) is 1. The highest BCUT2D eigenvalue weighted by Crippen LogP contribution is 2.24. The number of hydrogen-bond donors (Lipinski definition) is 3. The molecule has 0 saturated heterocycles. The molecule has 0 aliphatic heterocycles. The van der Waals surface area contributed by atoms with E-state index in [0.717, 1.165) is 0 Å². The summed E-state index contributed by atoms with van der Waals surface area (Å²) < 4.78 is 5.00. The molecular formula is C12H18N4O4. The first-order chi connectivity index (χ1) is 9.30. The molecule has 0 bridgehead atoms. The highest BCUT2D eigenvalue weighted by Gasteiger charge is 2.22. The molecule has 0 aliphatic carbocycles. The number of nitrogen functional groups attached to an aromatic ring is 1. The van der Waals surface area contributed by atoms with Crippen LogP contribution >= 0.6 is 0 Å². The summed E-state index contributed by atoms with van der Waals surface area (Å²) in [5.74, 6) is 4.86. The summed E-state index contributed by atoms with van der Waals surface area (Å²) in [6.45, 7) is 3.96. The zero-order valence-electron chi connectivity index (χ0n) is 11.6. The van der Waals surface area contributed by atoms with Gasteiger partial charge in [-0.1, -0.05) is 0 Å². The molecule has 20 heavy (non-hydrogen) atoms. The van der Waals surface area contributed by atoms with E-state index >= 15 is 0 Å². The number of carbonyl (C=O) groups excluding carboxylic acids is 1. The van der Waals surface area contributed by atoms with Gasteiger partial charge in [-0.2, -0.15) is 0 Å². The molecule has 0 aromatic heterocycles. The molecule has 0 radical (unpaired) electrons. The number of hydrogen-bond acceptors (Lipinski definition) is 6. The number of nitro benzene ring substituents is 1. The van der Waals surface area contributed by atoms with E-state index in [1.54, 1.807) is 0 Å². The second-order valence-corrected chi connectivity index (χ2v) is 4.90. The number of benzene rings is 1. The Balaban J connectivity index is 2.97. The molecule has 1 aromatic rings. The summed E-state index contributed by atoms with van der Waals surface area (Å²) >= 11 is 0. The molecule has 0 atom stereocenters. The summed E-state index contributed by atoms with van der Waals surface area (Å²) in [5.41, 5.74) is 1.82. The molecule has 0 aliphatic rings. The summed E-state index contributed by atoms with van der Waals surface area (Å²) in [5, 5.41) is 13.5. The quantitative estimate of drug-likeness (QED) is 0.407. The third kappa shape index (κ3) is 3.90. The minimum Gasteiger partial charge on any atom is -0.382 e. The van der Waals surface area contributed by atoms with E-state index in [0.29, 0.717) is 6.61 Å². The van der Waals surface area contributed by atoms with Crippen molar-refractivity contribution in [2.45, 2.75) is 19.4 Å². The summed E-state index contributed by atoms with van der Waals surface area (Å²) in [6, 6.07) is 3.93. The number of ether oxygens (including phenoxy) is 1. The van der Waals surface area contributed by atoms with E-state index in [4.69, 9.17) is 10.6 Å². The topological polar surface area (TPSA) is 120 Å². The number of nitrogens with zero attached hydrogens (tertiary/aromatic N) is 1. The average Bonchev–Trinajstić information content (AvgIpc) is 2.36. The van der Waals surface area contributed by atoms with Gasteiger partial charge in [0, 0.05) is 18.7 Å². The van der Waals surface area contributed by atoms with E-state index in [1.165, 1.54) is 25.3 Å². The zero-order valence-corrected chi connectivity index (χ0v) is 11.6. The van der Waals surface area contributed by atoms with Gasteiger partial charge in [-0.15, -0.1) is 0 Å². The molecule has 0 saturated carbocycles. The van der Waals surface area contributed by atoms with Crippen molar-refractivity contribution in [3.63, 3.8) is 0 Å². The van der Waals surface area contributed by atoms with Gasteiger partial charge in [0.1, 0.15) is 5.69 Å². The first-order valence-electron chi connectivity index (χ1n) is 5.87. The van der Waals surface area contributed by atoms with Crippen LogP contribution in [0.5, 0.6) is 0 Å². The number of amides is 1. The molecule has 0 fully saturated rings. The summed E-state index contributed by atoms with van der Waals surface area (Å²) in [6.07, 6.45) is 0. The molecule has 8 nitrogen and oxygen atoms in total. The van der Waals surface area contributed by atoms with Crippen molar-refractivity contribution < 1.29 is 14.5 Å². The van der Waals surface area contributed by atoms with Crippen molar-refractivity contribution in [1.82, 2.24) is 5.32 Å². The Labute approximate surface area is 116 Å². The fraction of sp³-hybridized carbons (Fsp3) is 0.417. The van der Waals surface area contributed by atoms with Gasteiger partial charge in [-0.25, -0.2) is 0 Å². The lowest BCUT2D eigenvalue weighted by Crippen LogP contribution is -2.46. The van der Waals surface area contributed by atoms with Crippen LogP contribution in [0.4, 0.5) is 11.4 Å². The third-order valence-corrected chi connectivity index (χ3v) is 2.57. The number of nitro groups is 1. The largest absolute Gasteiger partial charge is 0.382 e. The Morgan fingerprint density at radius 3 is 2.65 bits per heavy atom. The Hall–Kier alpha value is -2.19. The molecule has 4 N–H and O–H groups in total. The summed E-state index contributed by atoms with van der Waals surface area (Å²) in [7, 11) is 1.54. The van der Waals surface area contributed by atoms with Crippen LogP contribution in [0.2, 0.25) is 0 Å². The smallest absolute Gasteiger partial charge is 0.293 e. The average molecular weight is 282 g/mol. The third-order valence-electron chi connectivity index (χ3n) is 2.57. The molecule has 110 valence electrons. The Bertz CT molecular complexity index is 516. The number of anilines is 1. The van der Waals surface area contributed by atoms with Crippen molar-refractivity contribution >= 4 is 17.3 Å². The van der Waals surface area contributed by atoms with Gasteiger partial charge in [0.2, 0.25) is 0 Å². The van der Waals surface area contributed by atoms with Gasteiger partial charge in [0.25, 0.3) is 11.6 Å². The van der Waals surface area contributed by atoms with Gasteiger partial charge < -0.3 is 15.5 Å². The Morgan fingerprint density at radius 2 is 2.15 bits per heavy atom. The molecule has 0 heterocycles. The first kappa shape index (κ1) is 15.9. The van der Waals surface area contributed by atoms with Gasteiger partial charge >= 0.3 is 0 Å². The number of nitrogens with one attached hydrogen (secondary N) is 2. The van der Waals surface area contributed by atoms with Crippen LogP contribution in [0.15, 0.2) is 18.2 Å². The molecule has 8 heteroatoms. The minimum absolute atomic E-state index is 0.0761. The number of methoxy groups -OCH3 is 1. The van der Waals surface area contributed by atoms with Crippen molar-refractivity contribution in [1.29, 1.82) is 0 Å². The fourth-order valence-corrected chi connectivity index (χ4v) is 1.73.